The first kappa shape index (κ1) is 17.9. The maximum atomic E-state index is 13.4. The van der Waals surface area contributed by atoms with Crippen LogP contribution in [-0.4, -0.2) is 75.1 Å². The second kappa shape index (κ2) is 4.69. The van der Waals surface area contributed by atoms with E-state index in [0.717, 1.165) is 0 Å². The molecule has 0 aromatic heterocycles. The van der Waals surface area contributed by atoms with Gasteiger partial charge in [0.2, 0.25) is 11.9 Å². The van der Waals surface area contributed by atoms with Crippen LogP contribution in [0.1, 0.15) is 35.5 Å². The molecule has 12 atom stereocenters. The van der Waals surface area contributed by atoms with Crippen molar-refractivity contribution in [2.45, 2.75) is 76.0 Å². The third-order valence-corrected chi connectivity index (χ3v) is 8.66. The lowest BCUT2D eigenvalue weighted by Crippen LogP contribution is -2.67. The standard InChI is InChI=1S/C20H24O10/c1-6-12(23)28-11-9(21)18-8-5-7(16(2,3)4)17(18)10(22)13(24)29-15(17)30-20(18,14(25)27-8)19(6,11)26/h6-11,15,21-22,26H,5H2,1-4H3/t6-,7+,8?,9+,10+,11?,15?,17?,18+,19-,20?/m1/s1/i5T/t5-,6-,7+,8?,9+,10+,11?,15?,17?,18+,19-,20?. The molecule has 2 saturated carbocycles. The van der Waals surface area contributed by atoms with Gasteiger partial charge in [-0.3, -0.25) is 4.79 Å². The molecule has 10 heteroatoms. The fourth-order valence-electron chi connectivity index (χ4n) is 7.77. The van der Waals surface area contributed by atoms with E-state index in [2.05, 4.69) is 0 Å². The Morgan fingerprint density at radius 2 is 1.77 bits per heavy atom. The molecule has 0 bridgehead atoms. The van der Waals surface area contributed by atoms with E-state index in [-0.39, 0.29) is 0 Å². The number of carbonyl (C=O) groups excluding carboxylic acids is 3. The summed E-state index contributed by atoms with van der Waals surface area (Å²) >= 11 is 0. The van der Waals surface area contributed by atoms with Crippen LogP contribution in [-0.2, 0) is 33.3 Å². The minimum absolute atomic E-state index is 0.729. The van der Waals surface area contributed by atoms with E-state index in [1.54, 1.807) is 20.8 Å². The molecule has 10 nitrogen and oxygen atoms in total. The first-order valence-corrected chi connectivity index (χ1v) is 10.1. The van der Waals surface area contributed by atoms with Gasteiger partial charge in [-0.1, -0.05) is 20.8 Å². The number of rotatable bonds is 0. The van der Waals surface area contributed by atoms with Crippen molar-refractivity contribution >= 4 is 17.9 Å². The summed E-state index contributed by atoms with van der Waals surface area (Å²) in [5, 5.41) is 34.8. The van der Waals surface area contributed by atoms with E-state index < -0.39 is 94.3 Å². The molecular formula is C20H24O10. The number of aliphatic hydroxyl groups excluding tert-OH is 2. The largest absolute Gasteiger partial charge is 0.459 e. The zero-order chi connectivity index (χ0) is 22.7. The third-order valence-electron chi connectivity index (χ3n) is 8.66. The Balaban J connectivity index is 1.75. The minimum atomic E-state index is -2.36. The molecule has 2 aliphatic carbocycles. The molecule has 2 spiro atoms. The van der Waals surface area contributed by atoms with Crippen molar-refractivity contribution in [3.63, 3.8) is 0 Å². The van der Waals surface area contributed by atoms with Gasteiger partial charge in [0.1, 0.15) is 12.2 Å². The molecule has 6 aliphatic rings. The predicted octanol–water partition coefficient (Wildman–Crippen LogP) is -1.37. The quantitative estimate of drug-likeness (QED) is 0.313. The van der Waals surface area contributed by atoms with Gasteiger partial charge in [-0.05, 0) is 24.7 Å². The van der Waals surface area contributed by atoms with Gasteiger partial charge in [0.25, 0.3) is 0 Å². The molecule has 4 saturated heterocycles. The SMILES string of the molecule is [3H][C@H]1C2OC(=O)C34OC5OC(=O)[C@H](O)C5([C@@H]1C(C)(C)C)[C@@]23[C@@H](O)C1OC(=O)[C@@H](C)[C@@]14O. The first-order chi connectivity index (χ1) is 14.3. The summed E-state index contributed by atoms with van der Waals surface area (Å²) in [6.07, 6.45) is -9.18. The van der Waals surface area contributed by atoms with Crippen molar-refractivity contribution < 1.29 is 50.0 Å². The maximum Gasteiger partial charge on any atom is 0.343 e. The zero-order valence-electron chi connectivity index (χ0n) is 17.8. The summed E-state index contributed by atoms with van der Waals surface area (Å²) in [7, 11) is 0. The first-order valence-electron chi connectivity index (χ1n) is 10.7. The lowest BCUT2D eigenvalue weighted by molar-refractivity contribution is -0.239. The highest BCUT2D eigenvalue weighted by Crippen LogP contribution is 2.84. The fourth-order valence-corrected chi connectivity index (χ4v) is 7.77. The molecule has 6 rings (SSSR count). The van der Waals surface area contributed by atoms with Crippen LogP contribution in [0, 0.1) is 28.1 Å². The van der Waals surface area contributed by atoms with Gasteiger partial charge in [0.15, 0.2) is 17.8 Å². The molecule has 3 N–H and O–H groups in total. The van der Waals surface area contributed by atoms with E-state index in [1.807, 2.05) is 0 Å². The summed E-state index contributed by atoms with van der Waals surface area (Å²) in [5.41, 5.74) is -9.15. The van der Waals surface area contributed by atoms with Crippen LogP contribution < -0.4 is 0 Å². The van der Waals surface area contributed by atoms with Crippen LogP contribution in [0.15, 0.2) is 0 Å². The van der Waals surface area contributed by atoms with E-state index >= 15 is 0 Å². The van der Waals surface area contributed by atoms with Crippen LogP contribution in [0.3, 0.4) is 0 Å². The molecule has 0 aromatic rings. The van der Waals surface area contributed by atoms with E-state index in [9.17, 15) is 29.7 Å². The number of fused-ring (bicyclic) bond motifs is 1. The van der Waals surface area contributed by atoms with Gasteiger partial charge >= 0.3 is 17.9 Å². The van der Waals surface area contributed by atoms with Crippen LogP contribution in [0.2, 0.25) is 0 Å². The molecule has 30 heavy (non-hydrogen) atoms. The van der Waals surface area contributed by atoms with Gasteiger partial charge < -0.3 is 34.3 Å². The molecule has 164 valence electrons. The van der Waals surface area contributed by atoms with Crippen molar-refractivity contribution in [1.82, 2.24) is 0 Å². The highest BCUT2D eigenvalue weighted by atomic mass is 16.8. The molecular weight excluding hydrogens is 400 g/mol. The molecule has 6 fully saturated rings. The number of carbonyl (C=O) groups is 3. The van der Waals surface area contributed by atoms with Crippen molar-refractivity contribution in [3.8, 4) is 0 Å². The number of esters is 3. The average molecular weight is 426 g/mol. The van der Waals surface area contributed by atoms with E-state index in [1.165, 1.54) is 6.92 Å². The number of aliphatic hydroxyl groups is 3. The van der Waals surface area contributed by atoms with Crippen molar-refractivity contribution in [3.05, 3.63) is 0 Å². The summed E-state index contributed by atoms with van der Waals surface area (Å²) in [4.78, 5) is 38.4. The Bertz CT molecular complexity index is 962. The Morgan fingerprint density at radius 1 is 1.10 bits per heavy atom. The van der Waals surface area contributed by atoms with Gasteiger partial charge in [-0.15, -0.1) is 0 Å². The summed E-state index contributed by atoms with van der Waals surface area (Å²) in [6, 6.07) is 0. The van der Waals surface area contributed by atoms with Gasteiger partial charge in [-0.25, -0.2) is 9.59 Å². The smallest absolute Gasteiger partial charge is 0.343 e. The maximum absolute atomic E-state index is 13.4. The van der Waals surface area contributed by atoms with Crippen molar-refractivity contribution in [2.75, 3.05) is 0 Å². The van der Waals surface area contributed by atoms with E-state index in [0.29, 0.717) is 0 Å². The zero-order valence-corrected chi connectivity index (χ0v) is 16.8. The van der Waals surface area contributed by atoms with Gasteiger partial charge in [0.05, 0.1) is 16.7 Å². The summed E-state index contributed by atoms with van der Waals surface area (Å²) < 4.78 is 31.3. The second-order valence-corrected chi connectivity index (χ2v) is 10.5. The van der Waals surface area contributed by atoms with Gasteiger partial charge in [-0.2, -0.15) is 0 Å². The summed E-state index contributed by atoms with van der Waals surface area (Å²) in [6.45, 7) is 6.77. The number of hydrogen-bond acceptors (Lipinski definition) is 10. The Hall–Kier alpha value is -1.75. The molecule has 5 unspecified atom stereocenters. The molecule has 0 radical (unpaired) electrons. The predicted molar refractivity (Wildman–Crippen MR) is 92.0 cm³/mol. The Morgan fingerprint density at radius 3 is 2.40 bits per heavy atom. The normalized spacial score (nSPS) is 63.0. The fraction of sp³-hybridized carbons (Fsp3) is 0.850. The topological polar surface area (TPSA) is 149 Å². The molecule has 4 heterocycles. The lowest BCUT2D eigenvalue weighted by atomic mass is 9.51. The highest BCUT2D eigenvalue weighted by Gasteiger charge is 3.03. The summed E-state index contributed by atoms with van der Waals surface area (Å²) in [5.74, 6) is -5.01. The monoisotopic (exact) mass is 426 g/mol. The van der Waals surface area contributed by atoms with Crippen molar-refractivity contribution in [1.29, 1.82) is 0 Å². The second-order valence-electron chi connectivity index (χ2n) is 10.5. The van der Waals surface area contributed by atoms with Crippen LogP contribution >= 0.6 is 0 Å². The Kier molecular flexibility index (Phi) is 2.80. The minimum Gasteiger partial charge on any atom is -0.459 e. The van der Waals surface area contributed by atoms with Crippen LogP contribution in [0.5, 0.6) is 0 Å². The molecule has 0 aromatic carbocycles. The highest BCUT2D eigenvalue weighted by molar-refractivity contribution is 5.94. The lowest BCUT2D eigenvalue weighted by Gasteiger charge is -2.47. The van der Waals surface area contributed by atoms with E-state index in [4.69, 9.17) is 20.3 Å². The van der Waals surface area contributed by atoms with Crippen molar-refractivity contribution in [2.24, 2.45) is 28.1 Å². The van der Waals surface area contributed by atoms with Gasteiger partial charge in [0, 0.05) is 1.37 Å². The number of ether oxygens (including phenoxy) is 4. The van der Waals surface area contributed by atoms with Crippen LogP contribution in [0.25, 0.3) is 0 Å². The average Bonchev–Trinajstić information content (AvgIpc) is 3.35. The van der Waals surface area contributed by atoms with Crippen LogP contribution in [0.4, 0.5) is 0 Å². The molecule has 4 aliphatic heterocycles. The Labute approximate surface area is 172 Å². The molecule has 0 amide bonds. The third kappa shape index (κ3) is 1.33. The number of hydrogen-bond donors (Lipinski definition) is 3.